The average Bonchev–Trinajstić information content (AvgIpc) is 3.29. The molecule has 0 radical (unpaired) electrons. The van der Waals surface area contributed by atoms with Crippen LogP contribution in [0.1, 0.15) is 42.3 Å². The zero-order chi connectivity index (χ0) is 23.5. The Morgan fingerprint density at radius 2 is 1.30 bits per heavy atom. The third-order valence-corrected chi connectivity index (χ3v) is 6.00. The SMILES string of the molecule is COC(=O)c1ccccc1-n1cc(C(=O)c2ccc(Br)cc2)c(C(=O)c2ccc(Br)cc2)n1. The fourth-order valence-electron chi connectivity index (χ4n) is 3.28. The van der Waals surface area contributed by atoms with Crippen molar-refractivity contribution in [3.8, 4) is 5.69 Å². The average molecular weight is 568 g/mol. The van der Waals surface area contributed by atoms with E-state index in [1.807, 2.05) is 0 Å². The maximum absolute atomic E-state index is 13.4. The van der Waals surface area contributed by atoms with Gasteiger partial charge in [-0.25, -0.2) is 9.48 Å². The summed E-state index contributed by atoms with van der Waals surface area (Å²) in [5.74, 6) is -1.32. The number of carbonyl (C=O) groups excluding carboxylic acids is 3. The summed E-state index contributed by atoms with van der Waals surface area (Å²) < 4.78 is 7.88. The van der Waals surface area contributed by atoms with Gasteiger partial charge in [0.05, 0.1) is 23.9 Å². The molecule has 0 spiro atoms. The van der Waals surface area contributed by atoms with E-state index in [4.69, 9.17) is 4.74 Å². The lowest BCUT2D eigenvalue weighted by molar-refractivity contribution is 0.0600. The van der Waals surface area contributed by atoms with E-state index in [0.29, 0.717) is 16.8 Å². The summed E-state index contributed by atoms with van der Waals surface area (Å²) in [5, 5.41) is 4.44. The second-order valence-electron chi connectivity index (χ2n) is 7.02. The van der Waals surface area contributed by atoms with E-state index in [9.17, 15) is 14.4 Å². The molecular formula is C25H16Br2N2O4. The summed E-state index contributed by atoms with van der Waals surface area (Å²) in [6, 6.07) is 20.3. The number of para-hydroxylation sites is 1. The van der Waals surface area contributed by atoms with Crippen molar-refractivity contribution < 1.29 is 19.1 Å². The minimum atomic E-state index is -0.553. The van der Waals surface area contributed by atoms with Crippen LogP contribution in [0.25, 0.3) is 5.69 Å². The molecule has 4 rings (SSSR count). The van der Waals surface area contributed by atoms with E-state index >= 15 is 0 Å². The van der Waals surface area contributed by atoms with E-state index in [2.05, 4.69) is 37.0 Å². The van der Waals surface area contributed by atoms with Crippen molar-refractivity contribution in [1.29, 1.82) is 0 Å². The Morgan fingerprint density at radius 3 is 1.88 bits per heavy atom. The van der Waals surface area contributed by atoms with Crippen LogP contribution in [0.4, 0.5) is 0 Å². The van der Waals surface area contributed by atoms with Gasteiger partial charge in [-0.2, -0.15) is 5.10 Å². The molecule has 1 heterocycles. The van der Waals surface area contributed by atoms with Crippen LogP contribution in [-0.4, -0.2) is 34.4 Å². The predicted octanol–water partition coefficient (Wildman–Crippen LogP) is 5.65. The van der Waals surface area contributed by atoms with Crippen LogP contribution >= 0.6 is 31.9 Å². The van der Waals surface area contributed by atoms with Gasteiger partial charge in [0.1, 0.15) is 5.69 Å². The molecule has 1 aromatic heterocycles. The van der Waals surface area contributed by atoms with E-state index in [1.165, 1.54) is 18.0 Å². The molecule has 0 amide bonds. The fraction of sp³-hybridized carbons (Fsp3) is 0.0400. The molecule has 8 heteroatoms. The van der Waals surface area contributed by atoms with Crippen LogP contribution in [0.3, 0.4) is 0 Å². The number of hydrogen-bond donors (Lipinski definition) is 0. The van der Waals surface area contributed by atoms with Gasteiger partial charge in [0, 0.05) is 26.3 Å². The number of halogens is 2. The highest BCUT2D eigenvalue weighted by Gasteiger charge is 2.26. The lowest BCUT2D eigenvalue weighted by Crippen LogP contribution is -2.11. The van der Waals surface area contributed by atoms with E-state index in [1.54, 1.807) is 72.8 Å². The minimum absolute atomic E-state index is 0.00934. The molecular weight excluding hydrogens is 552 g/mol. The topological polar surface area (TPSA) is 78.3 Å². The maximum atomic E-state index is 13.4. The van der Waals surface area contributed by atoms with Crippen LogP contribution < -0.4 is 0 Å². The number of nitrogens with zero attached hydrogens (tertiary/aromatic N) is 2. The highest BCUT2D eigenvalue weighted by Crippen LogP contribution is 2.23. The number of rotatable bonds is 6. The lowest BCUT2D eigenvalue weighted by Gasteiger charge is -2.07. The van der Waals surface area contributed by atoms with Crippen molar-refractivity contribution in [2.45, 2.75) is 0 Å². The molecule has 0 unspecified atom stereocenters. The Balaban J connectivity index is 1.88. The lowest BCUT2D eigenvalue weighted by atomic mass is 9.99. The molecule has 6 nitrogen and oxygen atoms in total. The first-order valence-electron chi connectivity index (χ1n) is 9.77. The standard InChI is InChI=1S/C25H16Br2N2O4/c1-33-25(32)19-4-2-3-5-21(19)29-14-20(23(30)15-6-10-17(26)11-7-15)22(28-29)24(31)16-8-12-18(27)13-9-16/h2-14H,1H3. The Labute approximate surface area is 206 Å². The molecule has 0 saturated heterocycles. The van der Waals surface area contributed by atoms with Crippen molar-refractivity contribution in [3.05, 3.63) is 116 Å². The minimum Gasteiger partial charge on any atom is -0.465 e. The van der Waals surface area contributed by atoms with Crippen LogP contribution in [0.2, 0.25) is 0 Å². The molecule has 3 aromatic carbocycles. The van der Waals surface area contributed by atoms with Crippen molar-refractivity contribution in [2.75, 3.05) is 7.11 Å². The Morgan fingerprint density at radius 1 is 0.758 bits per heavy atom. The largest absolute Gasteiger partial charge is 0.465 e. The molecule has 33 heavy (non-hydrogen) atoms. The molecule has 4 aromatic rings. The second-order valence-corrected chi connectivity index (χ2v) is 8.85. The van der Waals surface area contributed by atoms with E-state index in [-0.39, 0.29) is 22.6 Å². The molecule has 0 aliphatic carbocycles. The van der Waals surface area contributed by atoms with Crippen LogP contribution in [0.15, 0.2) is 87.9 Å². The number of aromatic nitrogens is 2. The molecule has 0 N–H and O–H groups in total. The second kappa shape index (κ2) is 9.64. The molecule has 0 bridgehead atoms. The number of carbonyl (C=O) groups is 3. The van der Waals surface area contributed by atoms with Crippen LogP contribution in [0, 0.1) is 0 Å². The molecule has 0 atom stereocenters. The monoisotopic (exact) mass is 566 g/mol. The first-order valence-corrected chi connectivity index (χ1v) is 11.4. The third-order valence-electron chi connectivity index (χ3n) is 4.94. The molecule has 0 saturated carbocycles. The number of methoxy groups -OCH3 is 1. The fourth-order valence-corrected chi connectivity index (χ4v) is 3.81. The van der Waals surface area contributed by atoms with Crippen molar-refractivity contribution >= 4 is 49.4 Å². The van der Waals surface area contributed by atoms with Gasteiger partial charge < -0.3 is 4.74 Å². The summed E-state index contributed by atoms with van der Waals surface area (Å²) in [4.78, 5) is 39.0. The normalized spacial score (nSPS) is 10.6. The van der Waals surface area contributed by atoms with Crippen molar-refractivity contribution in [1.82, 2.24) is 9.78 Å². The van der Waals surface area contributed by atoms with Gasteiger partial charge in [-0.15, -0.1) is 0 Å². The Hall–Kier alpha value is -3.36. The zero-order valence-corrected chi connectivity index (χ0v) is 20.5. The number of hydrogen-bond acceptors (Lipinski definition) is 5. The zero-order valence-electron chi connectivity index (χ0n) is 17.3. The van der Waals surface area contributed by atoms with Gasteiger partial charge in [0.25, 0.3) is 0 Å². The van der Waals surface area contributed by atoms with Crippen molar-refractivity contribution in [2.24, 2.45) is 0 Å². The number of ketones is 2. The number of benzene rings is 3. The quantitative estimate of drug-likeness (QED) is 0.222. The highest BCUT2D eigenvalue weighted by atomic mass is 79.9. The van der Waals surface area contributed by atoms with Gasteiger partial charge in [0.15, 0.2) is 5.78 Å². The highest BCUT2D eigenvalue weighted by molar-refractivity contribution is 9.10. The third kappa shape index (κ3) is 4.72. The number of ether oxygens (including phenoxy) is 1. The van der Waals surface area contributed by atoms with Gasteiger partial charge in [-0.05, 0) is 60.7 Å². The summed E-state index contributed by atoms with van der Waals surface area (Å²) in [6.45, 7) is 0. The Kier molecular flexibility index (Phi) is 6.67. The summed E-state index contributed by atoms with van der Waals surface area (Å²) in [7, 11) is 1.28. The van der Waals surface area contributed by atoms with Gasteiger partial charge in [0.2, 0.25) is 5.78 Å². The number of esters is 1. The summed E-state index contributed by atoms with van der Waals surface area (Å²) in [5.41, 5.74) is 1.56. The molecule has 164 valence electrons. The predicted molar refractivity (Wildman–Crippen MR) is 130 cm³/mol. The van der Waals surface area contributed by atoms with E-state index < -0.39 is 11.8 Å². The van der Waals surface area contributed by atoms with Gasteiger partial charge >= 0.3 is 5.97 Å². The van der Waals surface area contributed by atoms with E-state index in [0.717, 1.165) is 8.95 Å². The summed E-state index contributed by atoms with van der Waals surface area (Å²) in [6.07, 6.45) is 1.47. The molecule has 0 aliphatic heterocycles. The van der Waals surface area contributed by atoms with Gasteiger partial charge in [-0.1, -0.05) is 44.0 Å². The smallest absolute Gasteiger partial charge is 0.340 e. The first kappa shape index (κ1) is 22.8. The molecule has 0 fully saturated rings. The maximum Gasteiger partial charge on any atom is 0.340 e. The van der Waals surface area contributed by atoms with Crippen molar-refractivity contribution in [3.63, 3.8) is 0 Å². The first-order chi connectivity index (χ1) is 15.9. The summed E-state index contributed by atoms with van der Waals surface area (Å²) >= 11 is 6.71. The van der Waals surface area contributed by atoms with Gasteiger partial charge in [-0.3, -0.25) is 9.59 Å². The molecule has 0 aliphatic rings. The van der Waals surface area contributed by atoms with Crippen LogP contribution in [0.5, 0.6) is 0 Å². The Bertz CT molecular complexity index is 1290. The van der Waals surface area contributed by atoms with Crippen LogP contribution in [-0.2, 0) is 4.74 Å².